The maximum atomic E-state index is 10.7. The van der Waals surface area contributed by atoms with Gasteiger partial charge in [0, 0.05) is 0 Å². The van der Waals surface area contributed by atoms with Gasteiger partial charge < -0.3 is 0 Å². The van der Waals surface area contributed by atoms with Crippen molar-refractivity contribution in [1.82, 2.24) is 4.90 Å². The van der Waals surface area contributed by atoms with Crippen LogP contribution in [-0.4, -0.2) is 42.6 Å². The Labute approximate surface area is 142 Å². The van der Waals surface area contributed by atoms with E-state index >= 15 is 0 Å². The van der Waals surface area contributed by atoms with Gasteiger partial charge in [-0.2, -0.15) is 0 Å². The van der Waals surface area contributed by atoms with E-state index in [2.05, 4.69) is 30.9 Å². The molecule has 0 aliphatic rings. The van der Waals surface area contributed by atoms with Crippen molar-refractivity contribution in [2.45, 2.75) is 13.8 Å². The Morgan fingerprint density at radius 2 is 1.70 bits per heavy atom. The van der Waals surface area contributed by atoms with Gasteiger partial charge in [0.1, 0.15) is 0 Å². The van der Waals surface area contributed by atoms with E-state index in [9.17, 15) is 10.1 Å². The van der Waals surface area contributed by atoms with Gasteiger partial charge in [-0.15, -0.1) is 0 Å². The Kier molecular flexibility index (Phi) is 6.32. The Morgan fingerprint density at radius 1 is 1.09 bits per heavy atom. The molecule has 0 bridgehead atoms. The summed E-state index contributed by atoms with van der Waals surface area (Å²) >= 11 is 0.0923. The third-order valence-electron chi connectivity index (χ3n) is 3.27. The monoisotopic (exact) mass is 377 g/mol. The Morgan fingerprint density at radius 3 is 2.22 bits per heavy atom. The minimum atomic E-state index is -0.396. The van der Waals surface area contributed by atoms with E-state index in [1.54, 1.807) is 12.1 Å². The molecule has 0 saturated carbocycles. The summed E-state index contributed by atoms with van der Waals surface area (Å²) in [5, 5.41) is 10.7. The molecule has 23 heavy (non-hydrogen) atoms. The molecule has 2 aromatic rings. The van der Waals surface area contributed by atoms with Gasteiger partial charge in [0.25, 0.3) is 0 Å². The van der Waals surface area contributed by atoms with Crippen molar-refractivity contribution in [3.8, 4) is 0 Å². The van der Waals surface area contributed by atoms with Gasteiger partial charge in [0.05, 0.1) is 0 Å². The van der Waals surface area contributed by atoms with Gasteiger partial charge in [0.2, 0.25) is 0 Å². The fraction of sp³-hybridized carbons (Fsp3) is 0.235. The van der Waals surface area contributed by atoms with Crippen LogP contribution in [0.25, 0.3) is 0 Å². The van der Waals surface area contributed by atoms with Crippen molar-refractivity contribution in [3.05, 3.63) is 64.7 Å². The van der Waals surface area contributed by atoms with E-state index in [1.165, 1.54) is 16.6 Å². The zero-order valence-corrected chi connectivity index (χ0v) is 14.9. The average Bonchev–Trinajstić information content (AvgIpc) is 2.57. The van der Waals surface area contributed by atoms with Crippen molar-refractivity contribution >= 4 is 35.5 Å². The van der Waals surface area contributed by atoms with Crippen molar-refractivity contribution in [3.63, 3.8) is 0 Å². The third-order valence-corrected chi connectivity index (χ3v) is 5.45. The minimum absolute atomic E-state index is 0.0851. The molecular formula is C17H19N3O2Se. The summed E-state index contributed by atoms with van der Waals surface area (Å²) in [6.45, 7) is 5.99. The number of benzene rings is 2. The van der Waals surface area contributed by atoms with Gasteiger partial charge in [-0.3, -0.25) is 0 Å². The molecule has 0 aliphatic carbocycles. The Hall–Kier alpha value is -2.17. The Bertz CT molecular complexity index is 668. The third kappa shape index (κ3) is 4.91. The molecule has 120 valence electrons. The molecule has 0 aliphatic heterocycles. The molecule has 2 rings (SSSR count). The van der Waals surface area contributed by atoms with Crippen LogP contribution in [0.15, 0.2) is 59.6 Å². The molecule has 0 aromatic heterocycles. The number of aliphatic imine (C=N–C) groups is 1. The topological polar surface area (TPSA) is 58.7 Å². The first-order valence-corrected chi connectivity index (χ1v) is 9.16. The van der Waals surface area contributed by atoms with Crippen LogP contribution in [0.2, 0.25) is 0 Å². The second kappa shape index (κ2) is 8.46. The SMILES string of the molecule is CCN(CC)C(=Nc1ccc([N+](=O)[O-])cc1)[Se]c1ccccc1. The molecule has 2 aromatic carbocycles. The molecule has 0 fully saturated rings. The molecule has 0 amide bonds. The van der Waals surface area contributed by atoms with Gasteiger partial charge >= 0.3 is 142 Å². The van der Waals surface area contributed by atoms with E-state index in [0.29, 0.717) is 0 Å². The van der Waals surface area contributed by atoms with Crippen molar-refractivity contribution in [2.75, 3.05) is 13.1 Å². The van der Waals surface area contributed by atoms with Gasteiger partial charge in [-0.05, 0) is 0 Å². The summed E-state index contributed by atoms with van der Waals surface area (Å²) in [5.41, 5.74) is 0.831. The molecule has 0 atom stereocenters. The van der Waals surface area contributed by atoms with E-state index in [4.69, 9.17) is 4.99 Å². The van der Waals surface area contributed by atoms with Crippen LogP contribution in [0.4, 0.5) is 11.4 Å². The zero-order valence-electron chi connectivity index (χ0n) is 13.2. The van der Waals surface area contributed by atoms with Crippen molar-refractivity contribution in [2.24, 2.45) is 4.99 Å². The summed E-state index contributed by atoms with van der Waals surface area (Å²) in [7, 11) is 0. The standard InChI is InChI=1S/C17H19N3O2Se/c1-3-19(4-2)17(23-16-8-6-5-7-9-16)18-14-10-12-15(13-11-14)20(21)22/h5-13H,3-4H2,1-2H3. The summed E-state index contributed by atoms with van der Waals surface area (Å²) in [5.74, 6) is 0. The van der Waals surface area contributed by atoms with Gasteiger partial charge in [-0.25, -0.2) is 0 Å². The first kappa shape index (κ1) is 17.2. The number of nitro benzene ring substituents is 1. The number of amidine groups is 1. The van der Waals surface area contributed by atoms with Gasteiger partial charge in [0.15, 0.2) is 0 Å². The molecular weight excluding hydrogens is 357 g/mol. The summed E-state index contributed by atoms with van der Waals surface area (Å²) in [6.07, 6.45) is 0. The number of non-ortho nitro benzene ring substituents is 1. The quantitative estimate of drug-likeness (QED) is 0.256. The summed E-state index contributed by atoms with van der Waals surface area (Å²) < 4.78 is 2.29. The van der Waals surface area contributed by atoms with Crippen LogP contribution < -0.4 is 4.46 Å². The van der Waals surface area contributed by atoms with Crippen LogP contribution in [0.1, 0.15) is 13.8 Å². The summed E-state index contributed by atoms with van der Waals surface area (Å²) in [4.78, 5) is 17.3. The first-order valence-electron chi connectivity index (χ1n) is 7.45. The molecule has 0 radical (unpaired) electrons. The second-order valence-corrected chi connectivity index (χ2v) is 6.94. The van der Waals surface area contributed by atoms with E-state index < -0.39 is 4.92 Å². The zero-order chi connectivity index (χ0) is 16.7. The van der Waals surface area contributed by atoms with Crippen LogP contribution in [0.5, 0.6) is 0 Å². The maximum absolute atomic E-state index is 10.7. The van der Waals surface area contributed by atoms with Crippen LogP contribution in [0.3, 0.4) is 0 Å². The van der Waals surface area contributed by atoms with Crippen LogP contribution in [0, 0.1) is 10.1 Å². The van der Waals surface area contributed by atoms with Crippen LogP contribution in [-0.2, 0) is 0 Å². The fourth-order valence-corrected chi connectivity index (χ4v) is 4.19. The molecule has 0 unspecified atom stereocenters. The van der Waals surface area contributed by atoms with Gasteiger partial charge in [-0.1, -0.05) is 0 Å². The number of hydrogen-bond acceptors (Lipinski definition) is 3. The van der Waals surface area contributed by atoms with E-state index in [1.807, 2.05) is 18.2 Å². The van der Waals surface area contributed by atoms with Crippen molar-refractivity contribution in [1.29, 1.82) is 0 Å². The van der Waals surface area contributed by atoms with Crippen LogP contribution >= 0.6 is 0 Å². The predicted octanol–water partition coefficient (Wildman–Crippen LogP) is 2.95. The normalized spacial score (nSPS) is 11.3. The average molecular weight is 376 g/mol. The predicted molar refractivity (Wildman–Crippen MR) is 94.9 cm³/mol. The van der Waals surface area contributed by atoms with E-state index in [-0.39, 0.29) is 20.6 Å². The number of nitro groups is 1. The fourth-order valence-electron chi connectivity index (χ4n) is 2.01. The summed E-state index contributed by atoms with van der Waals surface area (Å²) in [6, 6.07) is 16.7. The molecule has 0 spiro atoms. The molecule has 5 nitrogen and oxygen atoms in total. The Balaban J connectivity index is 2.30. The number of hydrogen-bond donors (Lipinski definition) is 0. The molecule has 6 heteroatoms. The van der Waals surface area contributed by atoms with E-state index in [0.717, 1.165) is 23.5 Å². The number of rotatable bonds is 6. The first-order chi connectivity index (χ1) is 11.1. The molecule has 0 heterocycles. The second-order valence-electron chi connectivity index (χ2n) is 4.76. The molecule has 0 N–H and O–H groups in total. The van der Waals surface area contributed by atoms with Crippen molar-refractivity contribution < 1.29 is 4.92 Å². The molecule has 0 saturated heterocycles. The number of nitrogens with zero attached hydrogens (tertiary/aromatic N) is 3.